The Kier molecular flexibility index (Phi) is 9.05. The second kappa shape index (κ2) is 12.2. The molecule has 36 heavy (non-hydrogen) atoms. The van der Waals surface area contributed by atoms with E-state index in [1.54, 1.807) is 6.20 Å². The van der Waals surface area contributed by atoms with Gasteiger partial charge < -0.3 is 30.0 Å². The van der Waals surface area contributed by atoms with E-state index < -0.39 is 0 Å². The van der Waals surface area contributed by atoms with Gasteiger partial charge in [0.05, 0.1) is 11.7 Å². The van der Waals surface area contributed by atoms with Crippen molar-refractivity contribution in [1.29, 1.82) is 0 Å². The maximum atomic E-state index is 6.25. The first kappa shape index (κ1) is 26.7. The zero-order valence-electron chi connectivity index (χ0n) is 21.8. The van der Waals surface area contributed by atoms with Gasteiger partial charge in [-0.25, -0.2) is 9.97 Å². The molecule has 0 radical (unpaired) electrons. The van der Waals surface area contributed by atoms with Gasteiger partial charge in [-0.1, -0.05) is 13.8 Å². The molecule has 1 aromatic carbocycles. The quantitative estimate of drug-likeness (QED) is 0.501. The van der Waals surface area contributed by atoms with Crippen LogP contribution in [0.15, 0.2) is 41.4 Å². The molecule has 3 aliphatic heterocycles. The molecule has 1 atom stereocenters. The Morgan fingerprint density at radius 3 is 2.64 bits per heavy atom. The van der Waals surface area contributed by atoms with E-state index in [1.165, 1.54) is 38.7 Å². The lowest BCUT2D eigenvalue weighted by Gasteiger charge is -2.48. The molecule has 0 aliphatic carbocycles. The third-order valence-electron chi connectivity index (χ3n) is 7.03. The van der Waals surface area contributed by atoms with Crippen LogP contribution in [0, 0.1) is 0 Å². The standard InChI is InChI=1S/C23H28BrN7O.C2H6.CH5N/c1-28-7-4-17(5-8-28)29-10-11-31-18(13-29)15-32-20-12-16(2-3-19(20)31)26-22-23-25-6-9-30(23)14-21(24)27-22;2*1-2/h2-3,6,9,12,14,17-18H,4-5,7-8,10-11,13,15H2,1H3,(H,26,27);1-2H3;2H2,1H3/t18-;;/m1../s1. The topological polar surface area (TPSA) is 87.2 Å². The van der Waals surface area contributed by atoms with E-state index in [4.69, 9.17) is 4.74 Å². The number of anilines is 3. The highest BCUT2D eigenvalue weighted by Crippen LogP contribution is 2.38. The monoisotopic (exact) mass is 558 g/mol. The molecule has 5 heterocycles. The fourth-order valence-electron chi connectivity index (χ4n) is 5.28. The van der Waals surface area contributed by atoms with Crippen molar-refractivity contribution >= 4 is 38.8 Å². The molecule has 196 valence electrons. The number of ether oxygens (including phenoxy) is 1. The van der Waals surface area contributed by atoms with Gasteiger partial charge in [-0.05, 0) is 68.1 Å². The number of halogens is 1. The van der Waals surface area contributed by atoms with E-state index >= 15 is 0 Å². The summed E-state index contributed by atoms with van der Waals surface area (Å²) in [5, 5.41) is 3.41. The second-order valence-electron chi connectivity index (χ2n) is 9.07. The summed E-state index contributed by atoms with van der Waals surface area (Å²) in [6, 6.07) is 7.51. The third-order valence-corrected chi connectivity index (χ3v) is 7.41. The Bertz CT molecular complexity index is 1130. The average molecular weight is 560 g/mol. The summed E-state index contributed by atoms with van der Waals surface area (Å²) in [4.78, 5) is 16.7. The Morgan fingerprint density at radius 2 is 1.86 bits per heavy atom. The van der Waals surface area contributed by atoms with E-state index in [0.717, 1.165) is 54.0 Å². The normalized spacial score (nSPS) is 20.3. The SMILES string of the molecule is CC.CN.CN1CCC(N2CCN3c4ccc(Nc5nc(Br)cn6ccnc56)cc4OC[C@H]3C2)CC1. The van der Waals surface area contributed by atoms with Crippen LogP contribution in [0.5, 0.6) is 5.75 Å². The van der Waals surface area contributed by atoms with Crippen molar-refractivity contribution in [2.45, 2.75) is 38.8 Å². The average Bonchev–Trinajstić information content (AvgIpc) is 3.40. The van der Waals surface area contributed by atoms with E-state index in [1.807, 2.05) is 30.6 Å². The van der Waals surface area contributed by atoms with Gasteiger partial charge in [0.2, 0.25) is 0 Å². The number of rotatable bonds is 3. The first-order chi connectivity index (χ1) is 17.6. The van der Waals surface area contributed by atoms with Gasteiger partial charge >= 0.3 is 0 Å². The molecule has 3 aromatic rings. The highest BCUT2D eigenvalue weighted by atomic mass is 79.9. The molecule has 2 aromatic heterocycles. The van der Waals surface area contributed by atoms with Gasteiger partial charge in [0.25, 0.3) is 0 Å². The molecule has 0 spiro atoms. The number of fused-ring (bicyclic) bond motifs is 4. The number of benzene rings is 1. The maximum Gasteiger partial charge on any atom is 0.180 e. The van der Waals surface area contributed by atoms with Crippen LogP contribution in [-0.4, -0.2) is 89.7 Å². The lowest BCUT2D eigenvalue weighted by molar-refractivity contribution is 0.0868. The van der Waals surface area contributed by atoms with Crippen molar-refractivity contribution in [3.05, 3.63) is 41.4 Å². The number of piperazine rings is 1. The van der Waals surface area contributed by atoms with Crippen LogP contribution in [0.25, 0.3) is 5.65 Å². The second-order valence-corrected chi connectivity index (χ2v) is 9.88. The molecule has 2 saturated heterocycles. The van der Waals surface area contributed by atoms with E-state index in [2.05, 4.69) is 76.9 Å². The maximum absolute atomic E-state index is 6.25. The number of piperidine rings is 1. The molecule has 3 N–H and O–H groups in total. The van der Waals surface area contributed by atoms with Crippen LogP contribution in [0.3, 0.4) is 0 Å². The smallest absolute Gasteiger partial charge is 0.180 e. The summed E-state index contributed by atoms with van der Waals surface area (Å²) in [5.74, 6) is 1.65. The predicted octanol–water partition coefficient (Wildman–Crippen LogP) is 3.81. The third kappa shape index (κ3) is 5.61. The highest BCUT2D eigenvalue weighted by molar-refractivity contribution is 9.10. The minimum absolute atomic E-state index is 0.422. The van der Waals surface area contributed by atoms with Crippen molar-refractivity contribution in [3.63, 3.8) is 0 Å². The van der Waals surface area contributed by atoms with Gasteiger partial charge in [0, 0.05) is 56.0 Å². The number of hydrogen-bond acceptors (Lipinski definition) is 8. The largest absolute Gasteiger partial charge is 0.489 e. The van der Waals surface area contributed by atoms with Crippen LogP contribution < -0.4 is 20.7 Å². The van der Waals surface area contributed by atoms with Crippen LogP contribution >= 0.6 is 15.9 Å². The number of likely N-dealkylation sites (tertiary alicyclic amines) is 1. The van der Waals surface area contributed by atoms with E-state index in [0.29, 0.717) is 11.9 Å². The Balaban J connectivity index is 0.000000726. The Labute approximate surface area is 222 Å². The van der Waals surface area contributed by atoms with Crippen LogP contribution in [0.4, 0.5) is 17.2 Å². The van der Waals surface area contributed by atoms with Crippen molar-refractivity contribution in [3.8, 4) is 5.75 Å². The first-order valence-electron chi connectivity index (χ1n) is 12.9. The first-order valence-corrected chi connectivity index (χ1v) is 13.7. The molecule has 0 amide bonds. The molecule has 9 nitrogen and oxygen atoms in total. The van der Waals surface area contributed by atoms with Gasteiger partial charge in [-0.15, -0.1) is 0 Å². The summed E-state index contributed by atoms with van der Waals surface area (Å²) in [6.45, 7) is 10.4. The molecule has 2 fully saturated rings. The summed E-state index contributed by atoms with van der Waals surface area (Å²) in [5.41, 5.74) is 7.43. The summed E-state index contributed by atoms with van der Waals surface area (Å²) in [6.07, 6.45) is 8.14. The lowest BCUT2D eigenvalue weighted by Crippen LogP contribution is -2.60. The minimum atomic E-state index is 0.422. The Hall–Kier alpha value is -2.40. The predicted molar refractivity (Wildman–Crippen MR) is 151 cm³/mol. The van der Waals surface area contributed by atoms with Crippen LogP contribution in [-0.2, 0) is 0 Å². The summed E-state index contributed by atoms with van der Waals surface area (Å²) in [7, 11) is 3.73. The molecular weight excluding hydrogens is 520 g/mol. The number of nitrogens with one attached hydrogen (secondary N) is 1. The number of imidazole rings is 1. The van der Waals surface area contributed by atoms with E-state index in [9.17, 15) is 0 Å². The van der Waals surface area contributed by atoms with Gasteiger partial charge in [-0.2, -0.15) is 0 Å². The fourth-order valence-corrected chi connectivity index (χ4v) is 5.68. The van der Waals surface area contributed by atoms with Crippen molar-refractivity contribution in [2.75, 3.05) is 63.6 Å². The van der Waals surface area contributed by atoms with Crippen molar-refractivity contribution < 1.29 is 4.74 Å². The van der Waals surface area contributed by atoms with Crippen LogP contribution in [0.1, 0.15) is 26.7 Å². The van der Waals surface area contributed by atoms with Crippen molar-refractivity contribution in [1.82, 2.24) is 24.2 Å². The van der Waals surface area contributed by atoms with Gasteiger partial charge in [-0.3, -0.25) is 4.90 Å². The lowest BCUT2D eigenvalue weighted by atomic mass is 10.00. The van der Waals surface area contributed by atoms with Gasteiger partial charge in [0.15, 0.2) is 11.5 Å². The summed E-state index contributed by atoms with van der Waals surface area (Å²) >= 11 is 3.48. The molecule has 3 aliphatic rings. The zero-order valence-corrected chi connectivity index (χ0v) is 23.4. The molecule has 0 unspecified atom stereocenters. The number of nitrogens with two attached hydrogens (primary N) is 1. The van der Waals surface area contributed by atoms with Gasteiger partial charge in [0.1, 0.15) is 17.0 Å². The fraction of sp³-hybridized carbons (Fsp3) is 0.538. The van der Waals surface area contributed by atoms with Crippen molar-refractivity contribution in [2.24, 2.45) is 5.73 Å². The molecule has 0 bridgehead atoms. The minimum Gasteiger partial charge on any atom is -0.489 e. The van der Waals surface area contributed by atoms with E-state index in [-0.39, 0.29) is 0 Å². The number of hydrogen-bond donors (Lipinski definition) is 2. The highest BCUT2D eigenvalue weighted by Gasteiger charge is 2.36. The zero-order chi connectivity index (χ0) is 25.7. The molecular formula is C26H39BrN8O. The number of aromatic nitrogens is 3. The summed E-state index contributed by atoms with van der Waals surface area (Å²) < 4.78 is 8.96. The number of nitrogens with zero attached hydrogens (tertiary/aromatic N) is 6. The molecule has 6 rings (SSSR count). The molecule has 0 saturated carbocycles. The van der Waals surface area contributed by atoms with Crippen LogP contribution in [0.2, 0.25) is 0 Å². The Morgan fingerprint density at radius 1 is 1.08 bits per heavy atom. The molecule has 10 heteroatoms.